The minimum atomic E-state index is -0.442. The Morgan fingerprint density at radius 2 is 1.48 bits per heavy atom. The third-order valence-electron chi connectivity index (χ3n) is 4.60. The Hall–Kier alpha value is -3.08. The summed E-state index contributed by atoms with van der Waals surface area (Å²) in [4.78, 5) is 27.7. The van der Waals surface area contributed by atoms with Gasteiger partial charge >= 0.3 is 0 Å². The summed E-state index contributed by atoms with van der Waals surface area (Å²) in [5, 5.41) is 4.12. The largest absolute Gasteiger partial charge is 0.350 e. The molecule has 1 aliphatic rings. The Morgan fingerprint density at radius 3 is 2.14 bits per heavy atom. The van der Waals surface area contributed by atoms with E-state index >= 15 is 0 Å². The molecule has 6 heteroatoms. The summed E-state index contributed by atoms with van der Waals surface area (Å²) < 4.78 is 0. The molecule has 0 radical (unpaired) electrons. The van der Waals surface area contributed by atoms with Gasteiger partial charge in [-0.3, -0.25) is 9.59 Å². The van der Waals surface area contributed by atoms with E-state index in [9.17, 15) is 9.59 Å². The first kappa shape index (κ1) is 19.2. The van der Waals surface area contributed by atoms with Crippen LogP contribution in [0.25, 0.3) is 5.57 Å². The minimum Gasteiger partial charge on any atom is -0.350 e. The molecule has 4 nitrogen and oxygen atoms in total. The number of imide groups is 1. The lowest BCUT2D eigenvalue weighted by Gasteiger charge is -2.15. The number of carbonyl (C=O) groups is 2. The first-order valence-corrected chi connectivity index (χ1v) is 9.68. The van der Waals surface area contributed by atoms with Crippen molar-refractivity contribution in [1.29, 1.82) is 0 Å². The quantitative estimate of drug-likeness (QED) is 0.548. The highest BCUT2D eigenvalue weighted by atomic mass is 35.5. The fraction of sp³-hybridized carbons (Fsp3) is 0.0435. The van der Waals surface area contributed by atoms with Crippen molar-refractivity contribution in [2.75, 3.05) is 10.2 Å². The highest BCUT2D eigenvalue weighted by molar-refractivity contribution is 6.46. The topological polar surface area (TPSA) is 49.4 Å². The second kappa shape index (κ2) is 7.74. The van der Waals surface area contributed by atoms with Gasteiger partial charge in [0.25, 0.3) is 11.8 Å². The number of carbonyl (C=O) groups excluding carboxylic acids is 2. The van der Waals surface area contributed by atoms with E-state index in [-0.39, 0.29) is 11.3 Å². The van der Waals surface area contributed by atoms with Gasteiger partial charge in [0.1, 0.15) is 5.70 Å². The summed E-state index contributed by atoms with van der Waals surface area (Å²) in [5.74, 6) is -0.864. The van der Waals surface area contributed by atoms with Gasteiger partial charge in [0.2, 0.25) is 0 Å². The van der Waals surface area contributed by atoms with Crippen molar-refractivity contribution in [3.63, 3.8) is 0 Å². The van der Waals surface area contributed by atoms with Crippen LogP contribution in [-0.2, 0) is 9.59 Å². The first-order chi connectivity index (χ1) is 13.9. The van der Waals surface area contributed by atoms with Crippen LogP contribution in [0.4, 0.5) is 11.4 Å². The van der Waals surface area contributed by atoms with Crippen molar-refractivity contribution in [3.05, 3.63) is 99.7 Å². The average molecular weight is 423 g/mol. The van der Waals surface area contributed by atoms with E-state index in [1.165, 1.54) is 0 Å². The summed E-state index contributed by atoms with van der Waals surface area (Å²) in [7, 11) is 0. The molecular formula is C23H16Cl2N2O2. The number of rotatable bonds is 4. The zero-order chi connectivity index (χ0) is 20.5. The number of benzene rings is 3. The molecule has 2 amide bonds. The lowest BCUT2D eigenvalue weighted by molar-refractivity contribution is -0.120. The fourth-order valence-electron chi connectivity index (χ4n) is 3.16. The second-order valence-electron chi connectivity index (χ2n) is 6.67. The van der Waals surface area contributed by atoms with E-state index in [4.69, 9.17) is 23.2 Å². The van der Waals surface area contributed by atoms with E-state index in [1.807, 2.05) is 31.2 Å². The zero-order valence-corrected chi connectivity index (χ0v) is 17.0. The van der Waals surface area contributed by atoms with Crippen molar-refractivity contribution in [2.24, 2.45) is 0 Å². The number of nitrogens with one attached hydrogen (secondary N) is 1. The van der Waals surface area contributed by atoms with Crippen molar-refractivity contribution in [1.82, 2.24) is 0 Å². The van der Waals surface area contributed by atoms with Crippen LogP contribution in [0, 0.1) is 6.92 Å². The van der Waals surface area contributed by atoms with Gasteiger partial charge in [-0.1, -0.05) is 59.1 Å². The third kappa shape index (κ3) is 3.77. The van der Waals surface area contributed by atoms with Crippen LogP contribution in [0.15, 0.2) is 78.5 Å². The van der Waals surface area contributed by atoms with E-state index in [0.29, 0.717) is 27.0 Å². The number of nitrogens with zero attached hydrogens (tertiary/aromatic N) is 1. The number of halogens is 2. The highest BCUT2D eigenvalue weighted by Gasteiger charge is 2.40. The van der Waals surface area contributed by atoms with Gasteiger partial charge in [0, 0.05) is 15.7 Å². The van der Waals surface area contributed by atoms with Gasteiger partial charge in [-0.15, -0.1) is 0 Å². The Labute approximate surface area is 178 Å². The monoisotopic (exact) mass is 422 g/mol. The van der Waals surface area contributed by atoms with Crippen molar-refractivity contribution < 1.29 is 9.59 Å². The molecular weight excluding hydrogens is 407 g/mol. The molecule has 4 rings (SSSR count). The maximum absolute atomic E-state index is 13.3. The molecule has 1 N–H and O–H groups in total. The molecule has 144 valence electrons. The van der Waals surface area contributed by atoms with Gasteiger partial charge in [0.15, 0.2) is 0 Å². The summed E-state index contributed by atoms with van der Waals surface area (Å²) in [6, 6.07) is 21.1. The number of hydrogen-bond acceptors (Lipinski definition) is 3. The van der Waals surface area contributed by atoms with Crippen LogP contribution in [0.1, 0.15) is 11.1 Å². The molecule has 3 aromatic rings. The maximum Gasteiger partial charge on any atom is 0.282 e. The van der Waals surface area contributed by atoms with Crippen LogP contribution in [0.2, 0.25) is 10.0 Å². The molecule has 1 heterocycles. The van der Waals surface area contributed by atoms with Crippen LogP contribution in [0.5, 0.6) is 0 Å². The number of amides is 2. The maximum atomic E-state index is 13.3. The van der Waals surface area contributed by atoms with Gasteiger partial charge in [0.05, 0.1) is 11.3 Å². The molecule has 29 heavy (non-hydrogen) atoms. The van der Waals surface area contributed by atoms with Crippen LogP contribution in [0.3, 0.4) is 0 Å². The summed E-state index contributed by atoms with van der Waals surface area (Å²) >= 11 is 12.1. The van der Waals surface area contributed by atoms with Gasteiger partial charge < -0.3 is 5.32 Å². The molecule has 1 aliphatic heterocycles. The molecule has 0 atom stereocenters. The molecule has 0 aliphatic carbocycles. The van der Waals surface area contributed by atoms with Gasteiger partial charge in [-0.25, -0.2) is 4.90 Å². The summed E-state index contributed by atoms with van der Waals surface area (Å²) in [6.45, 7) is 1.98. The Balaban J connectivity index is 1.82. The first-order valence-electron chi connectivity index (χ1n) is 8.92. The van der Waals surface area contributed by atoms with E-state index < -0.39 is 11.8 Å². The number of aryl methyl sites for hydroxylation is 1. The fourth-order valence-corrected chi connectivity index (χ4v) is 3.47. The Morgan fingerprint density at radius 1 is 0.793 bits per heavy atom. The van der Waals surface area contributed by atoms with E-state index in [0.717, 1.165) is 10.5 Å². The van der Waals surface area contributed by atoms with Crippen molar-refractivity contribution in [3.8, 4) is 0 Å². The van der Waals surface area contributed by atoms with E-state index in [1.54, 1.807) is 48.5 Å². The SMILES string of the molecule is Cc1ccc(NC2=C(c3ccc(Cl)cc3)C(=O)N(c3cccc(Cl)c3)C2=O)cc1. The lowest BCUT2D eigenvalue weighted by atomic mass is 10.0. The molecule has 0 bridgehead atoms. The van der Waals surface area contributed by atoms with Crippen LogP contribution < -0.4 is 10.2 Å². The Kier molecular flexibility index (Phi) is 5.14. The lowest BCUT2D eigenvalue weighted by Crippen LogP contribution is -2.32. The summed E-state index contributed by atoms with van der Waals surface area (Å²) in [6.07, 6.45) is 0. The second-order valence-corrected chi connectivity index (χ2v) is 7.55. The molecule has 0 aromatic heterocycles. The zero-order valence-electron chi connectivity index (χ0n) is 15.4. The smallest absolute Gasteiger partial charge is 0.282 e. The molecule has 0 fully saturated rings. The molecule has 0 saturated carbocycles. The van der Waals surface area contributed by atoms with Crippen LogP contribution in [-0.4, -0.2) is 11.8 Å². The van der Waals surface area contributed by atoms with Crippen molar-refractivity contribution in [2.45, 2.75) is 6.92 Å². The molecule has 0 saturated heterocycles. The number of hydrogen-bond donors (Lipinski definition) is 1. The third-order valence-corrected chi connectivity index (χ3v) is 5.09. The molecule has 3 aromatic carbocycles. The van der Waals surface area contributed by atoms with Gasteiger partial charge in [-0.05, 0) is 55.0 Å². The minimum absolute atomic E-state index is 0.209. The van der Waals surface area contributed by atoms with E-state index in [2.05, 4.69) is 5.32 Å². The highest BCUT2D eigenvalue weighted by Crippen LogP contribution is 2.34. The van der Waals surface area contributed by atoms with Gasteiger partial charge in [-0.2, -0.15) is 0 Å². The standard InChI is InChI=1S/C23H16Cl2N2O2/c1-14-5-11-18(12-6-14)26-21-20(15-7-9-16(24)10-8-15)22(28)27(23(21)29)19-4-2-3-17(25)13-19/h2-13,26H,1H3. The predicted octanol–water partition coefficient (Wildman–Crippen LogP) is 5.70. The van der Waals surface area contributed by atoms with Crippen molar-refractivity contribution >= 4 is 52.0 Å². The molecule has 0 unspecified atom stereocenters. The Bertz CT molecular complexity index is 1140. The normalized spacial score (nSPS) is 14.0. The number of anilines is 2. The predicted molar refractivity (Wildman–Crippen MR) is 117 cm³/mol. The molecule has 0 spiro atoms. The van der Waals surface area contributed by atoms with Crippen LogP contribution >= 0.6 is 23.2 Å². The average Bonchev–Trinajstić information content (AvgIpc) is 2.94. The summed E-state index contributed by atoms with van der Waals surface area (Å²) in [5.41, 5.74) is 3.32.